The molecule has 28 heavy (non-hydrogen) atoms. The Morgan fingerprint density at radius 1 is 1.29 bits per heavy atom. The van der Waals surface area contributed by atoms with Crippen LogP contribution in [-0.4, -0.2) is 48.0 Å². The molecule has 2 aromatic rings. The molecule has 0 spiro atoms. The number of amides is 1. The zero-order chi connectivity index (χ0) is 19.9. The number of carbonyl (C=O) groups excluding carboxylic acids is 2. The topological polar surface area (TPSA) is 71.5 Å². The minimum atomic E-state index is -0.409. The largest absolute Gasteiger partial charge is 0.462 e. The first-order valence-corrected chi connectivity index (χ1v) is 10.6. The molecule has 1 amide bonds. The Morgan fingerprint density at radius 2 is 2.07 bits per heavy atom. The van der Waals surface area contributed by atoms with Crippen molar-refractivity contribution in [3.8, 4) is 0 Å². The number of aryl methyl sites for hydroxylation is 1. The van der Waals surface area contributed by atoms with E-state index in [4.69, 9.17) is 4.74 Å². The van der Waals surface area contributed by atoms with Crippen LogP contribution in [0.15, 0.2) is 29.6 Å². The summed E-state index contributed by atoms with van der Waals surface area (Å²) in [6.45, 7) is 7.58. The van der Waals surface area contributed by atoms with Gasteiger partial charge in [-0.15, -0.1) is 11.3 Å². The molecule has 0 aliphatic carbocycles. The molecule has 0 bridgehead atoms. The predicted molar refractivity (Wildman–Crippen MR) is 110 cm³/mol. The van der Waals surface area contributed by atoms with E-state index in [2.05, 4.69) is 32.7 Å². The highest BCUT2D eigenvalue weighted by molar-refractivity contribution is 7.09. The van der Waals surface area contributed by atoms with E-state index >= 15 is 0 Å². The lowest BCUT2D eigenvalue weighted by atomic mass is 9.96. The maximum atomic E-state index is 12.4. The molecule has 150 valence electrons. The highest BCUT2D eigenvalue weighted by Crippen LogP contribution is 2.20. The quantitative estimate of drug-likeness (QED) is 0.721. The molecule has 6 nitrogen and oxygen atoms in total. The number of esters is 1. The van der Waals surface area contributed by atoms with Crippen molar-refractivity contribution >= 4 is 23.2 Å². The molecule has 7 heteroatoms. The van der Waals surface area contributed by atoms with Crippen LogP contribution >= 0.6 is 11.3 Å². The van der Waals surface area contributed by atoms with E-state index in [1.807, 2.05) is 0 Å². The van der Waals surface area contributed by atoms with Gasteiger partial charge in [0.25, 0.3) is 5.91 Å². The molecule has 1 saturated heterocycles. The maximum Gasteiger partial charge on any atom is 0.339 e. The van der Waals surface area contributed by atoms with Crippen LogP contribution in [0.3, 0.4) is 0 Å². The number of thiophene rings is 1. The smallest absolute Gasteiger partial charge is 0.339 e. The fraction of sp³-hybridized carbons (Fsp3) is 0.476. The number of aromatic nitrogens is 1. The SMILES string of the molecule is CCOC(=O)c1ccc(C(=O)NCC2CCN(Cc3cccs3)CC2)nc1C. The van der Waals surface area contributed by atoms with E-state index in [-0.39, 0.29) is 5.91 Å². The maximum absolute atomic E-state index is 12.4. The van der Waals surface area contributed by atoms with Crippen LogP contribution in [0.25, 0.3) is 0 Å². The van der Waals surface area contributed by atoms with Crippen LogP contribution in [0, 0.1) is 12.8 Å². The Bertz CT molecular complexity index is 799. The zero-order valence-electron chi connectivity index (χ0n) is 16.4. The summed E-state index contributed by atoms with van der Waals surface area (Å²) in [7, 11) is 0. The standard InChI is InChI=1S/C21H27N3O3S/c1-3-27-21(26)18-6-7-19(23-15(18)2)20(25)22-13-16-8-10-24(11-9-16)14-17-5-4-12-28-17/h4-7,12,16H,3,8-11,13-14H2,1-2H3,(H,22,25). The highest BCUT2D eigenvalue weighted by atomic mass is 32.1. The Kier molecular flexibility index (Phi) is 7.17. The number of piperidine rings is 1. The van der Waals surface area contributed by atoms with E-state index in [0.29, 0.717) is 36.0 Å². The third kappa shape index (κ3) is 5.39. The Morgan fingerprint density at radius 3 is 2.71 bits per heavy atom. The van der Waals surface area contributed by atoms with Gasteiger partial charge in [-0.25, -0.2) is 9.78 Å². The number of hydrogen-bond donors (Lipinski definition) is 1. The molecule has 2 aromatic heterocycles. The van der Waals surface area contributed by atoms with Crippen molar-refractivity contribution in [3.05, 3.63) is 51.5 Å². The van der Waals surface area contributed by atoms with Gasteiger partial charge >= 0.3 is 5.97 Å². The predicted octanol–water partition coefficient (Wildman–Crippen LogP) is 3.27. The molecule has 1 aliphatic rings. The zero-order valence-corrected chi connectivity index (χ0v) is 17.3. The van der Waals surface area contributed by atoms with Crippen LogP contribution in [0.5, 0.6) is 0 Å². The van der Waals surface area contributed by atoms with Crippen molar-refractivity contribution in [2.75, 3.05) is 26.2 Å². The van der Waals surface area contributed by atoms with Crippen molar-refractivity contribution < 1.29 is 14.3 Å². The molecule has 0 aromatic carbocycles. The fourth-order valence-corrected chi connectivity index (χ4v) is 4.16. The lowest BCUT2D eigenvalue weighted by Crippen LogP contribution is -2.38. The number of pyridine rings is 1. The van der Waals surface area contributed by atoms with Gasteiger partial charge in [0.05, 0.1) is 17.9 Å². The first-order valence-electron chi connectivity index (χ1n) is 9.74. The molecule has 0 radical (unpaired) electrons. The average molecular weight is 402 g/mol. The van der Waals surface area contributed by atoms with Crippen molar-refractivity contribution in [3.63, 3.8) is 0 Å². The van der Waals surface area contributed by atoms with Gasteiger partial charge in [0.15, 0.2) is 0 Å². The Labute approximate surface area is 169 Å². The summed E-state index contributed by atoms with van der Waals surface area (Å²) in [6.07, 6.45) is 2.17. The molecule has 3 heterocycles. The molecular formula is C21H27N3O3S. The third-order valence-corrected chi connectivity index (χ3v) is 5.89. The van der Waals surface area contributed by atoms with Gasteiger partial charge in [-0.05, 0) is 69.3 Å². The summed E-state index contributed by atoms with van der Waals surface area (Å²) >= 11 is 1.80. The van der Waals surface area contributed by atoms with Gasteiger partial charge in [-0.2, -0.15) is 0 Å². The van der Waals surface area contributed by atoms with Crippen molar-refractivity contribution in [1.29, 1.82) is 0 Å². The summed E-state index contributed by atoms with van der Waals surface area (Å²) in [5.41, 5.74) is 1.24. The fourth-order valence-electron chi connectivity index (χ4n) is 3.41. The second-order valence-electron chi connectivity index (χ2n) is 7.06. The van der Waals surface area contributed by atoms with Crippen LogP contribution in [-0.2, 0) is 11.3 Å². The summed E-state index contributed by atoms with van der Waals surface area (Å²) in [5, 5.41) is 5.11. The highest BCUT2D eigenvalue weighted by Gasteiger charge is 2.21. The molecule has 1 fully saturated rings. The number of nitrogens with one attached hydrogen (secondary N) is 1. The molecule has 0 saturated carbocycles. The summed E-state index contributed by atoms with van der Waals surface area (Å²) in [5.74, 6) is -0.114. The number of carbonyl (C=O) groups is 2. The molecule has 1 aliphatic heterocycles. The molecule has 1 N–H and O–H groups in total. The monoisotopic (exact) mass is 401 g/mol. The average Bonchev–Trinajstić information content (AvgIpc) is 3.20. The summed E-state index contributed by atoms with van der Waals surface area (Å²) < 4.78 is 4.99. The van der Waals surface area contributed by atoms with E-state index < -0.39 is 5.97 Å². The van der Waals surface area contributed by atoms with Crippen molar-refractivity contribution in [2.45, 2.75) is 33.2 Å². The number of likely N-dealkylation sites (tertiary alicyclic amines) is 1. The van der Waals surface area contributed by atoms with Crippen LogP contribution in [0.2, 0.25) is 0 Å². The molecule has 0 atom stereocenters. The van der Waals surface area contributed by atoms with Crippen molar-refractivity contribution in [2.24, 2.45) is 5.92 Å². The van der Waals surface area contributed by atoms with Crippen LogP contribution in [0.1, 0.15) is 51.2 Å². The van der Waals surface area contributed by atoms with E-state index in [0.717, 1.165) is 32.5 Å². The minimum absolute atomic E-state index is 0.195. The van der Waals surface area contributed by atoms with Crippen molar-refractivity contribution in [1.82, 2.24) is 15.2 Å². The summed E-state index contributed by atoms with van der Waals surface area (Å²) in [4.78, 5) is 32.4. The number of nitrogens with zero attached hydrogens (tertiary/aromatic N) is 2. The normalized spacial score (nSPS) is 15.4. The molecule has 0 unspecified atom stereocenters. The van der Waals surface area contributed by atoms with Crippen LogP contribution < -0.4 is 5.32 Å². The first kappa shape index (κ1) is 20.5. The van der Waals surface area contributed by atoms with Gasteiger partial charge in [0, 0.05) is 18.0 Å². The second-order valence-corrected chi connectivity index (χ2v) is 8.09. The number of rotatable bonds is 7. The third-order valence-electron chi connectivity index (χ3n) is 5.03. The lowest BCUT2D eigenvalue weighted by Gasteiger charge is -2.31. The van der Waals surface area contributed by atoms with Gasteiger partial charge < -0.3 is 10.1 Å². The van der Waals surface area contributed by atoms with Gasteiger partial charge in [0.1, 0.15) is 5.69 Å². The minimum Gasteiger partial charge on any atom is -0.462 e. The van der Waals surface area contributed by atoms with E-state index in [1.165, 1.54) is 4.88 Å². The Balaban J connectivity index is 1.45. The molecule has 3 rings (SSSR count). The summed E-state index contributed by atoms with van der Waals surface area (Å²) in [6, 6.07) is 7.47. The van der Waals surface area contributed by atoms with Gasteiger partial charge in [-0.3, -0.25) is 9.69 Å². The molecular weight excluding hydrogens is 374 g/mol. The first-order chi connectivity index (χ1) is 13.6. The second kappa shape index (κ2) is 9.80. The van der Waals surface area contributed by atoms with E-state index in [9.17, 15) is 9.59 Å². The number of hydrogen-bond acceptors (Lipinski definition) is 6. The van der Waals surface area contributed by atoms with Gasteiger partial charge in [0.2, 0.25) is 0 Å². The van der Waals surface area contributed by atoms with Crippen LogP contribution in [0.4, 0.5) is 0 Å². The number of ether oxygens (including phenoxy) is 1. The lowest BCUT2D eigenvalue weighted by molar-refractivity contribution is 0.0524. The Hall–Kier alpha value is -2.25. The van der Waals surface area contributed by atoms with Gasteiger partial charge in [-0.1, -0.05) is 6.07 Å². The van der Waals surface area contributed by atoms with E-state index in [1.54, 1.807) is 37.3 Å².